The fraction of sp³-hybridized carbons (Fsp3) is 0.364. The summed E-state index contributed by atoms with van der Waals surface area (Å²) in [7, 11) is 0. The molecule has 0 bridgehead atoms. The van der Waals surface area contributed by atoms with E-state index in [4.69, 9.17) is 0 Å². The van der Waals surface area contributed by atoms with Gasteiger partial charge in [0.2, 0.25) is 0 Å². The lowest BCUT2D eigenvalue weighted by molar-refractivity contribution is 1.06. The molecule has 1 aliphatic heterocycles. The monoisotopic (exact) mass is 333 g/mol. The summed E-state index contributed by atoms with van der Waals surface area (Å²) in [6.07, 6.45) is 1.96. The van der Waals surface area contributed by atoms with E-state index in [1.165, 1.54) is 55.6 Å². The number of rotatable bonds is 0. The van der Waals surface area contributed by atoms with Gasteiger partial charge < -0.3 is 0 Å². The number of aromatic nitrogens is 2. The molecule has 2 aromatic carbocycles. The number of aryl methyl sites for hydroxylation is 4. The number of nitrogens with one attached hydrogen (secondary N) is 1. The van der Waals surface area contributed by atoms with Gasteiger partial charge in [0.05, 0.1) is 12.1 Å². The first-order valence-electron chi connectivity index (χ1n) is 8.82. The highest BCUT2D eigenvalue weighted by atomic mass is 15.1. The third-order valence-electron chi connectivity index (χ3n) is 5.75. The first-order chi connectivity index (χ1) is 11.8. The van der Waals surface area contributed by atoms with Crippen LogP contribution in [0.5, 0.6) is 0 Å². The van der Waals surface area contributed by atoms with Crippen molar-refractivity contribution in [2.45, 2.75) is 55.0 Å². The maximum absolute atomic E-state index is 4.36. The Morgan fingerprint density at radius 3 is 2.20 bits per heavy atom. The standard InChI is InChI=1S/C12H16N2.C10H11N/c1-6-7(2)9(4)12-11(8(6)3)10(5)13-14-12;1-7-3-4-9-5-11-6-10(9)8(7)2/h1-5H3,(H,13,14);3-5H,6H2,1-2H3. The van der Waals surface area contributed by atoms with Gasteiger partial charge >= 0.3 is 0 Å². The minimum Gasteiger partial charge on any atom is -0.288 e. The van der Waals surface area contributed by atoms with Gasteiger partial charge in [-0.2, -0.15) is 5.10 Å². The quantitative estimate of drug-likeness (QED) is 0.592. The summed E-state index contributed by atoms with van der Waals surface area (Å²) < 4.78 is 0. The summed E-state index contributed by atoms with van der Waals surface area (Å²) in [6.45, 7) is 15.9. The van der Waals surface area contributed by atoms with Crippen LogP contribution >= 0.6 is 0 Å². The third-order valence-corrected chi connectivity index (χ3v) is 5.75. The zero-order valence-electron chi connectivity index (χ0n) is 16.3. The molecule has 1 N–H and O–H groups in total. The Bertz CT molecular complexity index is 991. The number of aliphatic imine (C=N–C) groups is 1. The summed E-state index contributed by atoms with van der Waals surface area (Å²) in [4.78, 5) is 4.23. The fourth-order valence-corrected chi connectivity index (χ4v) is 3.55. The molecule has 0 saturated heterocycles. The maximum Gasteiger partial charge on any atom is 0.0958 e. The molecule has 0 spiro atoms. The van der Waals surface area contributed by atoms with Crippen molar-refractivity contribution < 1.29 is 0 Å². The van der Waals surface area contributed by atoms with Gasteiger partial charge in [-0.05, 0) is 93.0 Å². The predicted octanol–water partition coefficient (Wildman–Crippen LogP) is 5.34. The molecule has 0 fully saturated rings. The lowest BCUT2D eigenvalue weighted by Gasteiger charge is -2.10. The SMILES string of the molecule is Cc1c(C)c(C)c2c(C)[nH]nc2c1C.Cc1ccc2c(c1C)CN=C2. The van der Waals surface area contributed by atoms with E-state index in [9.17, 15) is 0 Å². The Kier molecular flexibility index (Phi) is 4.51. The van der Waals surface area contributed by atoms with Gasteiger partial charge in [0.15, 0.2) is 0 Å². The average Bonchev–Trinajstić information content (AvgIpc) is 3.22. The van der Waals surface area contributed by atoms with E-state index in [-0.39, 0.29) is 0 Å². The number of hydrogen-bond donors (Lipinski definition) is 1. The molecule has 0 amide bonds. The normalized spacial score (nSPS) is 12.3. The van der Waals surface area contributed by atoms with E-state index in [1.807, 2.05) is 6.21 Å². The number of benzene rings is 2. The third kappa shape index (κ3) is 2.88. The lowest BCUT2D eigenvalue weighted by atomic mass is 9.95. The van der Waals surface area contributed by atoms with Gasteiger partial charge in [-0.25, -0.2) is 0 Å². The molecule has 4 rings (SSSR count). The van der Waals surface area contributed by atoms with Gasteiger partial charge in [0.1, 0.15) is 0 Å². The van der Waals surface area contributed by atoms with Crippen molar-refractivity contribution in [3.8, 4) is 0 Å². The summed E-state index contributed by atoms with van der Waals surface area (Å²) in [5.41, 5.74) is 13.2. The van der Waals surface area contributed by atoms with Crippen LogP contribution in [0.15, 0.2) is 17.1 Å². The highest BCUT2D eigenvalue weighted by Gasteiger charge is 2.12. The predicted molar refractivity (Wildman–Crippen MR) is 107 cm³/mol. The Morgan fingerprint density at radius 2 is 1.48 bits per heavy atom. The summed E-state index contributed by atoms with van der Waals surface area (Å²) in [5, 5.41) is 8.72. The van der Waals surface area contributed by atoms with Crippen LogP contribution in [0.3, 0.4) is 0 Å². The van der Waals surface area contributed by atoms with E-state index in [0.29, 0.717) is 0 Å². The molecule has 1 aromatic heterocycles. The van der Waals surface area contributed by atoms with E-state index >= 15 is 0 Å². The van der Waals surface area contributed by atoms with Gasteiger partial charge in [-0.15, -0.1) is 0 Å². The van der Waals surface area contributed by atoms with Gasteiger partial charge in [0, 0.05) is 17.3 Å². The Hall–Kier alpha value is -2.42. The number of fused-ring (bicyclic) bond motifs is 2. The molecule has 0 aliphatic carbocycles. The fourth-order valence-electron chi connectivity index (χ4n) is 3.55. The first kappa shape index (κ1) is 17.4. The van der Waals surface area contributed by atoms with Gasteiger partial charge in [0.25, 0.3) is 0 Å². The Morgan fingerprint density at radius 1 is 0.800 bits per heavy atom. The van der Waals surface area contributed by atoms with Crippen molar-refractivity contribution in [2.75, 3.05) is 0 Å². The molecule has 25 heavy (non-hydrogen) atoms. The number of aromatic amines is 1. The van der Waals surface area contributed by atoms with Crippen molar-refractivity contribution in [1.29, 1.82) is 0 Å². The van der Waals surface area contributed by atoms with Crippen molar-refractivity contribution >= 4 is 17.1 Å². The zero-order valence-corrected chi connectivity index (χ0v) is 16.3. The summed E-state index contributed by atoms with van der Waals surface area (Å²) in [5.74, 6) is 0. The van der Waals surface area contributed by atoms with Crippen molar-refractivity contribution in [3.63, 3.8) is 0 Å². The van der Waals surface area contributed by atoms with Crippen LogP contribution in [0.1, 0.15) is 50.2 Å². The largest absolute Gasteiger partial charge is 0.288 e. The number of nitrogens with zero attached hydrogens (tertiary/aromatic N) is 2. The molecule has 130 valence electrons. The van der Waals surface area contributed by atoms with Crippen LogP contribution < -0.4 is 0 Å². The minimum absolute atomic E-state index is 0.878. The molecular weight excluding hydrogens is 306 g/mol. The Balaban J connectivity index is 0.000000150. The highest BCUT2D eigenvalue weighted by molar-refractivity contribution is 5.89. The van der Waals surface area contributed by atoms with Crippen LogP contribution in [-0.4, -0.2) is 16.4 Å². The second kappa shape index (κ2) is 6.47. The van der Waals surface area contributed by atoms with Crippen LogP contribution in [-0.2, 0) is 6.54 Å². The van der Waals surface area contributed by atoms with Crippen LogP contribution in [0.25, 0.3) is 10.9 Å². The Labute approximate surface area is 150 Å². The molecule has 3 heteroatoms. The molecule has 2 heterocycles. The molecule has 0 atom stereocenters. The summed E-state index contributed by atoms with van der Waals surface area (Å²) in [6, 6.07) is 4.31. The topological polar surface area (TPSA) is 41.0 Å². The second-order valence-electron chi connectivity index (χ2n) is 7.12. The zero-order chi connectivity index (χ0) is 18.3. The minimum atomic E-state index is 0.878. The molecule has 0 unspecified atom stereocenters. The smallest absolute Gasteiger partial charge is 0.0958 e. The molecular formula is C22H27N3. The van der Waals surface area contributed by atoms with Crippen molar-refractivity contribution in [1.82, 2.24) is 10.2 Å². The number of hydrogen-bond acceptors (Lipinski definition) is 2. The van der Waals surface area contributed by atoms with Crippen LogP contribution in [0, 0.1) is 48.5 Å². The summed E-state index contributed by atoms with van der Waals surface area (Å²) >= 11 is 0. The van der Waals surface area contributed by atoms with Crippen molar-refractivity contribution in [2.24, 2.45) is 4.99 Å². The molecule has 0 radical (unpaired) electrons. The van der Waals surface area contributed by atoms with Gasteiger partial charge in [-0.3, -0.25) is 10.1 Å². The van der Waals surface area contributed by atoms with Gasteiger partial charge in [-0.1, -0.05) is 12.1 Å². The number of H-pyrrole nitrogens is 1. The molecule has 3 aromatic rings. The first-order valence-corrected chi connectivity index (χ1v) is 8.82. The van der Waals surface area contributed by atoms with E-state index in [0.717, 1.165) is 12.1 Å². The van der Waals surface area contributed by atoms with E-state index in [2.05, 4.69) is 75.8 Å². The lowest BCUT2D eigenvalue weighted by Crippen LogP contribution is -1.93. The van der Waals surface area contributed by atoms with E-state index in [1.54, 1.807) is 0 Å². The van der Waals surface area contributed by atoms with E-state index < -0.39 is 0 Å². The second-order valence-corrected chi connectivity index (χ2v) is 7.12. The molecule has 0 saturated carbocycles. The average molecular weight is 333 g/mol. The molecule has 1 aliphatic rings. The molecule has 3 nitrogen and oxygen atoms in total. The van der Waals surface area contributed by atoms with Crippen LogP contribution in [0.4, 0.5) is 0 Å². The highest BCUT2D eigenvalue weighted by Crippen LogP contribution is 2.29. The van der Waals surface area contributed by atoms with Crippen molar-refractivity contribution in [3.05, 3.63) is 62.3 Å². The van der Waals surface area contributed by atoms with Crippen LogP contribution in [0.2, 0.25) is 0 Å². The maximum atomic E-state index is 4.36.